The van der Waals surface area contributed by atoms with Crippen LogP contribution < -0.4 is 5.73 Å². The first-order chi connectivity index (χ1) is 8.33. The van der Waals surface area contributed by atoms with Gasteiger partial charge < -0.3 is 15.0 Å². The quantitative estimate of drug-likeness (QED) is 0.836. The maximum Gasteiger partial charge on any atom is 0.109 e. The van der Waals surface area contributed by atoms with Crippen molar-refractivity contribution in [1.29, 1.82) is 0 Å². The average molecular weight is 235 g/mol. The van der Waals surface area contributed by atoms with Gasteiger partial charge in [-0.3, -0.25) is 0 Å². The van der Waals surface area contributed by atoms with E-state index in [1.54, 1.807) is 0 Å². The molecule has 0 aliphatic carbocycles. The van der Waals surface area contributed by atoms with Gasteiger partial charge in [0.05, 0.1) is 0 Å². The smallest absolute Gasteiger partial charge is 0.109 e. The van der Waals surface area contributed by atoms with E-state index in [4.69, 9.17) is 10.5 Å². The number of hydrogen-bond donors (Lipinski definition) is 1. The fraction of sp³-hybridized carbons (Fsp3) is 0.769. The van der Waals surface area contributed by atoms with Crippen LogP contribution in [0.4, 0.5) is 0 Å². The van der Waals surface area contributed by atoms with Crippen LogP contribution in [-0.2, 0) is 24.1 Å². The third-order valence-corrected chi connectivity index (χ3v) is 3.94. The summed E-state index contributed by atoms with van der Waals surface area (Å²) >= 11 is 0. The Morgan fingerprint density at radius 1 is 1.47 bits per heavy atom. The SMILES string of the molecule is NC1CCn2c(cnc2CC2CCCOC2)C1. The van der Waals surface area contributed by atoms with Crippen LogP contribution in [0.15, 0.2) is 6.20 Å². The van der Waals surface area contributed by atoms with Crippen molar-refractivity contribution >= 4 is 0 Å². The molecule has 2 N–H and O–H groups in total. The number of ether oxygens (including phenoxy) is 1. The first-order valence-electron chi connectivity index (χ1n) is 6.69. The Morgan fingerprint density at radius 2 is 2.41 bits per heavy atom. The minimum atomic E-state index is 0.324. The van der Waals surface area contributed by atoms with Crippen molar-refractivity contribution in [2.24, 2.45) is 11.7 Å². The lowest BCUT2D eigenvalue weighted by molar-refractivity contribution is 0.0539. The highest BCUT2D eigenvalue weighted by Crippen LogP contribution is 2.22. The van der Waals surface area contributed by atoms with Gasteiger partial charge in [0.15, 0.2) is 0 Å². The van der Waals surface area contributed by atoms with Crippen LogP contribution in [0.1, 0.15) is 30.8 Å². The summed E-state index contributed by atoms with van der Waals surface area (Å²) in [7, 11) is 0. The van der Waals surface area contributed by atoms with Crippen LogP contribution in [0.5, 0.6) is 0 Å². The molecule has 17 heavy (non-hydrogen) atoms. The fourth-order valence-corrected chi connectivity index (χ4v) is 2.94. The lowest BCUT2D eigenvalue weighted by Gasteiger charge is -2.25. The van der Waals surface area contributed by atoms with Crippen LogP contribution >= 0.6 is 0 Å². The van der Waals surface area contributed by atoms with Gasteiger partial charge in [0.2, 0.25) is 0 Å². The molecule has 0 amide bonds. The van der Waals surface area contributed by atoms with Gasteiger partial charge in [-0.1, -0.05) is 0 Å². The van der Waals surface area contributed by atoms with Crippen LogP contribution in [0, 0.1) is 5.92 Å². The second kappa shape index (κ2) is 4.78. The molecule has 0 radical (unpaired) electrons. The summed E-state index contributed by atoms with van der Waals surface area (Å²) in [6.07, 6.45) is 7.61. The van der Waals surface area contributed by atoms with Gasteiger partial charge in [0, 0.05) is 50.5 Å². The molecule has 3 rings (SSSR count). The molecule has 2 aliphatic rings. The van der Waals surface area contributed by atoms with Gasteiger partial charge in [0.25, 0.3) is 0 Å². The third-order valence-electron chi connectivity index (χ3n) is 3.94. The molecule has 0 saturated carbocycles. The number of imidazole rings is 1. The second-order valence-electron chi connectivity index (χ2n) is 5.36. The molecule has 0 spiro atoms. The van der Waals surface area contributed by atoms with Gasteiger partial charge in [-0.15, -0.1) is 0 Å². The molecule has 2 unspecified atom stereocenters. The highest BCUT2D eigenvalue weighted by molar-refractivity contribution is 5.10. The lowest BCUT2D eigenvalue weighted by Crippen LogP contribution is -2.31. The molecule has 94 valence electrons. The van der Waals surface area contributed by atoms with Crippen molar-refractivity contribution in [3.63, 3.8) is 0 Å². The van der Waals surface area contributed by atoms with E-state index in [1.165, 1.54) is 24.4 Å². The van der Waals surface area contributed by atoms with E-state index in [2.05, 4.69) is 9.55 Å². The second-order valence-corrected chi connectivity index (χ2v) is 5.36. The molecule has 0 bridgehead atoms. The number of aromatic nitrogens is 2. The topological polar surface area (TPSA) is 53.1 Å². The number of nitrogens with zero attached hydrogens (tertiary/aromatic N) is 2. The number of rotatable bonds is 2. The summed E-state index contributed by atoms with van der Waals surface area (Å²) in [6.45, 7) is 2.88. The van der Waals surface area contributed by atoms with E-state index in [9.17, 15) is 0 Å². The largest absolute Gasteiger partial charge is 0.381 e. The van der Waals surface area contributed by atoms with E-state index in [0.717, 1.165) is 39.0 Å². The van der Waals surface area contributed by atoms with Crippen LogP contribution in [-0.4, -0.2) is 28.8 Å². The Bertz CT molecular complexity index is 382. The van der Waals surface area contributed by atoms with E-state index in [1.807, 2.05) is 6.20 Å². The molecule has 3 heterocycles. The number of fused-ring (bicyclic) bond motifs is 1. The van der Waals surface area contributed by atoms with Crippen molar-refractivity contribution in [3.05, 3.63) is 17.7 Å². The van der Waals surface area contributed by atoms with E-state index >= 15 is 0 Å². The molecule has 2 aliphatic heterocycles. The first-order valence-corrected chi connectivity index (χ1v) is 6.69. The highest BCUT2D eigenvalue weighted by atomic mass is 16.5. The van der Waals surface area contributed by atoms with Gasteiger partial charge >= 0.3 is 0 Å². The van der Waals surface area contributed by atoms with Crippen molar-refractivity contribution in [3.8, 4) is 0 Å². The van der Waals surface area contributed by atoms with Gasteiger partial charge in [-0.25, -0.2) is 4.98 Å². The number of nitrogens with two attached hydrogens (primary N) is 1. The van der Waals surface area contributed by atoms with Gasteiger partial charge in [0.1, 0.15) is 5.82 Å². The normalized spacial score (nSPS) is 29.0. The molecule has 4 nitrogen and oxygen atoms in total. The summed E-state index contributed by atoms with van der Waals surface area (Å²) in [6, 6.07) is 0.324. The summed E-state index contributed by atoms with van der Waals surface area (Å²) in [4.78, 5) is 4.58. The van der Waals surface area contributed by atoms with Crippen molar-refractivity contribution < 1.29 is 4.74 Å². The maximum atomic E-state index is 5.98. The zero-order chi connectivity index (χ0) is 11.7. The number of hydrogen-bond acceptors (Lipinski definition) is 3. The predicted molar refractivity (Wildman–Crippen MR) is 65.8 cm³/mol. The van der Waals surface area contributed by atoms with Gasteiger partial charge in [-0.05, 0) is 25.2 Å². The molecule has 1 aromatic heterocycles. The molecule has 1 saturated heterocycles. The van der Waals surface area contributed by atoms with Crippen LogP contribution in [0.3, 0.4) is 0 Å². The van der Waals surface area contributed by atoms with Crippen LogP contribution in [0.2, 0.25) is 0 Å². The Balaban J connectivity index is 1.71. The molecule has 0 aromatic carbocycles. The molecule has 2 atom stereocenters. The Labute approximate surface area is 102 Å². The average Bonchev–Trinajstić information content (AvgIpc) is 2.73. The van der Waals surface area contributed by atoms with E-state index < -0.39 is 0 Å². The van der Waals surface area contributed by atoms with E-state index in [0.29, 0.717) is 12.0 Å². The Kier molecular flexibility index (Phi) is 3.16. The van der Waals surface area contributed by atoms with Crippen molar-refractivity contribution in [2.45, 2.75) is 44.7 Å². The minimum Gasteiger partial charge on any atom is -0.381 e. The zero-order valence-corrected chi connectivity index (χ0v) is 10.3. The first kappa shape index (κ1) is 11.2. The standard InChI is InChI=1S/C13H21N3O/c14-11-3-4-16-12(7-11)8-15-13(16)6-10-2-1-5-17-9-10/h8,10-11H,1-7,9,14H2. The fourth-order valence-electron chi connectivity index (χ4n) is 2.94. The Hall–Kier alpha value is -0.870. The molecular formula is C13H21N3O. The third kappa shape index (κ3) is 2.38. The van der Waals surface area contributed by atoms with Gasteiger partial charge in [-0.2, -0.15) is 0 Å². The molecule has 1 fully saturated rings. The summed E-state index contributed by atoms with van der Waals surface area (Å²) in [5.74, 6) is 1.90. The van der Waals surface area contributed by atoms with Crippen molar-refractivity contribution in [1.82, 2.24) is 9.55 Å². The van der Waals surface area contributed by atoms with E-state index in [-0.39, 0.29) is 0 Å². The molecular weight excluding hydrogens is 214 g/mol. The maximum absolute atomic E-state index is 5.98. The summed E-state index contributed by atoms with van der Waals surface area (Å²) in [5.41, 5.74) is 7.30. The Morgan fingerprint density at radius 3 is 3.24 bits per heavy atom. The molecule has 1 aromatic rings. The molecule has 4 heteroatoms. The lowest BCUT2D eigenvalue weighted by atomic mass is 9.98. The zero-order valence-electron chi connectivity index (χ0n) is 10.3. The summed E-state index contributed by atoms with van der Waals surface area (Å²) < 4.78 is 7.91. The monoisotopic (exact) mass is 235 g/mol. The van der Waals surface area contributed by atoms with Crippen LogP contribution in [0.25, 0.3) is 0 Å². The minimum absolute atomic E-state index is 0.324. The van der Waals surface area contributed by atoms with Crippen molar-refractivity contribution in [2.75, 3.05) is 13.2 Å². The highest BCUT2D eigenvalue weighted by Gasteiger charge is 2.22. The predicted octanol–water partition coefficient (Wildman–Crippen LogP) is 1.13. The summed E-state index contributed by atoms with van der Waals surface area (Å²) in [5, 5.41) is 0.